The summed E-state index contributed by atoms with van der Waals surface area (Å²) in [6.45, 7) is 9.64. The van der Waals surface area contributed by atoms with Crippen molar-refractivity contribution < 1.29 is 4.74 Å². The van der Waals surface area contributed by atoms with Crippen molar-refractivity contribution in [2.24, 2.45) is 7.05 Å². The number of nitrogens with zero attached hydrogens (tertiary/aromatic N) is 6. The van der Waals surface area contributed by atoms with E-state index in [1.165, 1.54) is 20.3 Å². The van der Waals surface area contributed by atoms with Gasteiger partial charge in [0, 0.05) is 52.0 Å². The van der Waals surface area contributed by atoms with Crippen LogP contribution in [0.3, 0.4) is 0 Å². The average Bonchev–Trinajstić information content (AvgIpc) is 3.34. The molecule has 0 N–H and O–H groups in total. The third-order valence-corrected chi connectivity index (χ3v) is 6.55. The van der Waals surface area contributed by atoms with Gasteiger partial charge in [-0.05, 0) is 37.1 Å². The summed E-state index contributed by atoms with van der Waals surface area (Å²) in [6, 6.07) is 6.32. The first-order valence-corrected chi connectivity index (χ1v) is 10.8. The van der Waals surface area contributed by atoms with Crippen LogP contribution < -0.4 is 16.1 Å². The molecular weight excluding hydrogens is 396 g/mol. The van der Waals surface area contributed by atoms with Gasteiger partial charge in [0.1, 0.15) is 0 Å². The molecule has 0 radical (unpaired) electrons. The summed E-state index contributed by atoms with van der Waals surface area (Å²) in [5, 5.41) is 0. The van der Waals surface area contributed by atoms with Crippen LogP contribution in [0.2, 0.25) is 0 Å². The molecule has 5 rings (SSSR count). The average molecular weight is 425 g/mol. The van der Waals surface area contributed by atoms with Gasteiger partial charge in [-0.3, -0.25) is 18.8 Å². The summed E-state index contributed by atoms with van der Waals surface area (Å²) in [5.41, 5.74) is 3.88. The van der Waals surface area contributed by atoms with E-state index in [4.69, 9.17) is 9.72 Å². The Morgan fingerprint density at radius 1 is 1.00 bits per heavy atom. The third kappa shape index (κ3) is 3.28. The van der Waals surface area contributed by atoms with E-state index in [9.17, 15) is 9.59 Å². The molecule has 0 atom stereocenters. The minimum Gasteiger partial charge on any atom is -0.379 e. The normalized spacial score (nSPS) is 16.9. The number of hydrogen-bond acceptors (Lipinski definition) is 6. The molecule has 0 saturated carbocycles. The minimum absolute atomic E-state index is 0.257. The van der Waals surface area contributed by atoms with Gasteiger partial charge in [0.2, 0.25) is 5.95 Å². The molecule has 0 bridgehead atoms. The van der Waals surface area contributed by atoms with Gasteiger partial charge in [-0.2, -0.15) is 4.98 Å². The number of ether oxygens (including phenoxy) is 1. The first kappa shape index (κ1) is 20.0. The molecule has 1 saturated heterocycles. The van der Waals surface area contributed by atoms with Crippen LogP contribution in [0.25, 0.3) is 11.2 Å². The van der Waals surface area contributed by atoms with Gasteiger partial charge in [0.05, 0.1) is 13.2 Å². The molecule has 0 amide bonds. The number of rotatable bonds is 4. The third-order valence-electron chi connectivity index (χ3n) is 6.55. The van der Waals surface area contributed by atoms with Crippen molar-refractivity contribution in [2.75, 3.05) is 44.3 Å². The largest absolute Gasteiger partial charge is 0.379 e. The number of hydrogen-bond donors (Lipinski definition) is 0. The van der Waals surface area contributed by atoms with Crippen molar-refractivity contribution >= 4 is 22.8 Å². The lowest BCUT2D eigenvalue weighted by Gasteiger charge is -2.26. The van der Waals surface area contributed by atoms with Gasteiger partial charge in [-0.1, -0.05) is 6.07 Å². The van der Waals surface area contributed by atoms with Gasteiger partial charge in [-0.15, -0.1) is 0 Å². The van der Waals surface area contributed by atoms with Crippen molar-refractivity contribution in [3.63, 3.8) is 0 Å². The second-order valence-electron chi connectivity index (χ2n) is 8.41. The summed E-state index contributed by atoms with van der Waals surface area (Å²) < 4.78 is 10.2. The van der Waals surface area contributed by atoms with E-state index >= 15 is 0 Å². The molecule has 164 valence electrons. The number of aromatic nitrogens is 4. The molecule has 0 aliphatic carbocycles. The number of fused-ring (bicyclic) bond motifs is 3. The van der Waals surface area contributed by atoms with E-state index in [1.54, 1.807) is 7.05 Å². The maximum Gasteiger partial charge on any atom is 0.332 e. The van der Waals surface area contributed by atoms with Crippen LogP contribution in [0.4, 0.5) is 11.6 Å². The van der Waals surface area contributed by atoms with Crippen molar-refractivity contribution in [3.05, 3.63) is 50.2 Å². The minimum atomic E-state index is -0.319. The number of morpholine rings is 1. The molecule has 4 heterocycles. The highest BCUT2D eigenvalue weighted by atomic mass is 16.5. The molecule has 3 aromatic rings. The van der Waals surface area contributed by atoms with Crippen molar-refractivity contribution in [1.82, 2.24) is 23.6 Å². The zero-order chi connectivity index (χ0) is 21.7. The Morgan fingerprint density at radius 2 is 1.77 bits per heavy atom. The van der Waals surface area contributed by atoms with Gasteiger partial charge < -0.3 is 14.2 Å². The maximum absolute atomic E-state index is 13.4. The van der Waals surface area contributed by atoms with Crippen molar-refractivity contribution in [1.29, 1.82) is 0 Å². The summed E-state index contributed by atoms with van der Waals surface area (Å²) >= 11 is 0. The lowest BCUT2D eigenvalue weighted by molar-refractivity contribution is 0.0361. The van der Waals surface area contributed by atoms with E-state index in [2.05, 4.69) is 41.8 Å². The number of imidazole rings is 1. The van der Waals surface area contributed by atoms with Crippen LogP contribution >= 0.6 is 0 Å². The van der Waals surface area contributed by atoms with Gasteiger partial charge in [-0.25, -0.2) is 4.79 Å². The Hall–Kier alpha value is -2.91. The Kier molecular flexibility index (Phi) is 4.94. The predicted molar refractivity (Wildman–Crippen MR) is 119 cm³/mol. The predicted octanol–water partition coefficient (Wildman–Crippen LogP) is 0.997. The van der Waals surface area contributed by atoms with Crippen LogP contribution in [0.1, 0.15) is 11.1 Å². The summed E-state index contributed by atoms with van der Waals surface area (Å²) in [6.07, 6.45) is 0. The Labute approximate surface area is 180 Å². The first-order chi connectivity index (χ1) is 15.0. The van der Waals surface area contributed by atoms with Crippen LogP contribution in [0.5, 0.6) is 0 Å². The molecule has 0 unspecified atom stereocenters. The summed E-state index contributed by atoms with van der Waals surface area (Å²) in [5.74, 6) is 0.719. The Balaban J connectivity index is 1.55. The highest BCUT2D eigenvalue weighted by Crippen LogP contribution is 2.32. The van der Waals surface area contributed by atoms with E-state index in [0.29, 0.717) is 44.0 Å². The van der Waals surface area contributed by atoms with Crippen molar-refractivity contribution in [3.8, 4) is 0 Å². The lowest BCUT2D eigenvalue weighted by Crippen LogP contribution is -2.44. The number of aryl methyl sites for hydroxylation is 3. The lowest BCUT2D eigenvalue weighted by atomic mass is 10.1. The van der Waals surface area contributed by atoms with Crippen molar-refractivity contribution in [2.45, 2.75) is 26.9 Å². The zero-order valence-corrected chi connectivity index (χ0v) is 18.3. The molecule has 1 aromatic carbocycles. The smallest absolute Gasteiger partial charge is 0.332 e. The monoisotopic (exact) mass is 424 g/mol. The summed E-state index contributed by atoms with van der Waals surface area (Å²) in [4.78, 5) is 35.4. The molecular formula is C22H28N6O3. The molecule has 1 fully saturated rings. The van der Waals surface area contributed by atoms with Gasteiger partial charge >= 0.3 is 5.69 Å². The molecule has 31 heavy (non-hydrogen) atoms. The summed E-state index contributed by atoms with van der Waals surface area (Å²) in [7, 11) is 1.69. The van der Waals surface area contributed by atoms with Crippen LogP contribution in [-0.2, 0) is 24.9 Å². The van der Waals surface area contributed by atoms with Crippen LogP contribution in [0.15, 0.2) is 27.8 Å². The quantitative estimate of drug-likeness (QED) is 0.622. The van der Waals surface area contributed by atoms with E-state index in [-0.39, 0.29) is 11.2 Å². The Morgan fingerprint density at radius 3 is 2.52 bits per heavy atom. The fourth-order valence-corrected chi connectivity index (χ4v) is 4.48. The highest BCUT2D eigenvalue weighted by Gasteiger charge is 2.29. The van der Waals surface area contributed by atoms with Crippen LogP contribution in [0, 0.1) is 13.8 Å². The van der Waals surface area contributed by atoms with Crippen LogP contribution in [-0.4, -0.2) is 63.0 Å². The molecule has 0 spiro atoms. The number of benzene rings is 1. The molecule has 9 heteroatoms. The Bertz CT molecular complexity index is 1260. The molecule has 2 aliphatic heterocycles. The molecule has 2 aliphatic rings. The van der Waals surface area contributed by atoms with Gasteiger partial charge in [0.25, 0.3) is 5.56 Å². The fraction of sp³-hybridized carbons (Fsp3) is 0.500. The molecule has 9 nitrogen and oxygen atoms in total. The standard InChI is InChI=1S/C22H28N6O3/c1-15-4-5-17(14-16(15)2)26-8-9-27-18-19(23-21(26)27)24(3)22(30)28(20(18)29)7-6-25-10-12-31-13-11-25/h4-5,14H,6-13H2,1-3H3. The second kappa shape index (κ2) is 7.65. The fourth-order valence-electron chi connectivity index (χ4n) is 4.48. The van der Waals surface area contributed by atoms with E-state index in [0.717, 1.165) is 31.3 Å². The number of anilines is 2. The second-order valence-corrected chi connectivity index (χ2v) is 8.41. The maximum atomic E-state index is 13.4. The SMILES string of the molecule is Cc1ccc(N2CCn3c2nc2c3c(=O)n(CCN3CCOCC3)c(=O)n2C)cc1C. The van der Waals surface area contributed by atoms with E-state index in [1.807, 2.05) is 4.57 Å². The zero-order valence-electron chi connectivity index (χ0n) is 18.3. The first-order valence-electron chi connectivity index (χ1n) is 10.8. The molecule has 2 aromatic heterocycles. The highest BCUT2D eigenvalue weighted by molar-refractivity contribution is 5.77. The van der Waals surface area contributed by atoms with E-state index < -0.39 is 0 Å². The topological polar surface area (TPSA) is 77.5 Å². The van der Waals surface area contributed by atoms with Gasteiger partial charge in [0.15, 0.2) is 11.2 Å².